The molecule has 0 fully saturated rings. The van der Waals surface area contributed by atoms with Crippen LogP contribution in [0.5, 0.6) is 11.5 Å². The van der Waals surface area contributed by atoms with E-state index in [1.54, 1.807) is 12.3 Å². The van der Waals surface area contributed by atoms with E-state index in [0.29, 0.717) is 35.8 Å². The molecular formula is C19H19N3O5S. The van der Waals surface area contributed by atoms with Crippen molar-refractivity contribution in [2.24, 2.45) is 0 Å². The van der Waals surface area contributed by atoms with E-state index in [1.807, 2.05) is 32.0 Å². The molecule has 1 aromatic carbocycles. The zero-order valence-corrected chi connectivity index (χ0v) is 16.2. The van der Waals surface area contributed by atoms with Gasteiger partial charge in [-0.2, -0.15) is 0 Å². The van der Waals surface area contributed by atoms with Crippen molar-refractivity contribution in [1.82, 2.24) is 15.5 Å². The van der Waals surface area contributed by atoms with Gasteiger partial charge in [-0.05, 0) is 37.6 Å². The molecule has 28 heavy (non-hydrogen) atoms. The molecule has 0 saturated heterocycles. The van der Waals surface area contributed by atoms with E-state index in [1.165, 1.54) is 11.8 Å². The van der Waals surface area contributed by atoms with Crippen molar-refractivity contribution in [3.63, 3.8) is 0 Å². The molecule has 0 radical (unpaired) electrons. The molecule has 0 bridgehead atoms. The molecular weight excluding hydrogens is 382 g/mol. The molecule has 0 spiro atoms. The van der Waals surface area contributed by atoms with Crippen LogP contribution in [0.3, 0.4) is 0 Å². The van der Waals surface area contributed by atoms with Crippen LogP contribution in [-0.2, 0) is 4.79 Å². The number of rotatable bonds is 6. The summed E-state index contributed by atoms with van der Waals surface area (Å²) in [6, 6.07) is 7.27. The number of fused-ring (bicyclic) bond motifs is 1. The molecule has 4 rings (SSSR count). The van der Waals surface area contributed by atoms with Gasteiger partial charge in [-0.1, -0.05) is 17.8 Å². The maximum absolute atomic E-state index is 12.3. The Morgan fingerprint density at radius 3 is 2.82 bits per heavy atom. The molecule has 1 atom stereocenters. The molecule has 8 nitrogen and oxygen atoms in total. The molecule has 0 aliphatic carbocycles. The quantitative estimate of drug-likeness (QED) is 0.628. The van der Waals surface area contributed by atoms with Crippen LogP contribution in [0.2, 0.25) is 0 Å². The summed E-state index contributed by atoms with van der Waals surface area (Å²) in [5.41, 5.74) is 1.69. The van der Waals surface area contributed by atoms with Crippen LogP contribution in [-0.4, -0.2) is 35.1 Å². The maximum atomic E-state index is 12.3. The Morgan fingerprint density at radius 2 is 2.04 bits per heavy atom. The summed E-state index contributed by atoms with van der Waals surface area (Å²) in [5, 5.41) is 11.2. The topological polar surface area (TPSA) is 99.6 Å². The predicted octanol–water partition coefficient (Wildman–Crippen LogP) is 3.38. The number of carbonyl (C=O) groups excluding carboxylic acids is 1. The normalized spacial score (nSPS) is 13.9. The summed E-state index contributed by atoms with van der Waals surface area (Å²) >= 11 is 1.18. The number of hydrogen-bond donors (Lipinski definition) is 1. The molecule has 1 amide bonds. The number of nitrogens with one attached hydrogen (secondary N) is 1. The lowest BCUT2D eigenvalue weighted by Gasteiger charge is -2.21. The van der Waals surface area contributed by atoms with Gasteiger partial charge in [-0.15, -0.1) is 10.2 Å². The van der Waals surface area contributed by atoms with Gasteiger partial charge in [-0.25, -0.2) is 0 Å². The Hall–Kier alpha value is -2.94. The van der Waals surface area contributed by atoms with Gasteiger partial charge in [0.2, 0.25) is 5.91 Å². The first-order valence-electron chi connectivity index (χ1n) is 8.80. The van der Waals surface area contributed by atoms with E-state index < -0.39 is 0 Å². The van der Waals surface area contributed by atoms with Crippen molar-refractivity contribution in [2.75, 3.05) is 19.0 Å². The molecule has 0 saturated carbocycles. The SMILES string of the molecule is Cc1occc1-c1nnc(SCC(=O)NC(C)c2ccc3c(c2)OCCO3)o1. The Bertz CT molecular complexity index is 984. The molecule has 146 valence electrons. The van der Waals surface area contributed by atoms with Gasteiger partial charge in [0.25, 0.3) is 11.1 Å². The molecule has 9 heteroatoms. The van der Waals surface area contributed by atoms with Gasteiger partial charge in [0.15, 0.2) is 11.5 Å². The van der Waals surface area contributed by atoms with Gasteiger partial charge in [-0.3, -0.25) is 4.79 Å². The fraction of sp³-hybridized carbons (Fsp3) is 0.316. The summed E-state index contributed by atoms with van der Waals surface area (Å²) in [4.78, 5) is 12.3. The van der Waals surface area contributed by atoms with E-state index in [2.05, 4.69) is 15.5 Å². The minimum Gasteiger partial charge on any atom is -0.486 e. The van der Waals surface area contributed by atoms with Crippen LogP contribution < -0.4 is 14.8 Å². The van der Waals surface area contributed by atoms with E-state index in [-0.39, 0.29) is 17.7 Å². The molecule has 3 heterocycles. The van der Waals surface area contributed by atoms with E-state index in [9.17, 15) is 4.79 Å². The number of nitrogens with zero attached hydrogens (tertiary/aromatic N) is 2. The number of furan rings is 1. The van der Waals surface area contributed by atoms with E-state index in [0.717, 1.165) is 16.9 Å². The average molecular weight is 401 g/mol. The summed E-state index contributed by atoms with van der Waals surface area (Å²) < 4.78 is 21.9. The molecule has 3 aromatic rings. The summed E-state index contributed by atoms with van der Waals surface area (Å²) in [6.07, 6.45) is 1.56. The van der Waals surface area contributed by atoms with Crippen LogP contribution in [0.15, 0.2) is 44.6 Å². The molecule has 1 unspecified atom stereocenters. The highest BCUT2D eigenvalue weighted by atomic mass is 32.2. The Kier molecular flexibility index (Phi) is 5.25. The largest absolute Gasteiger partial charge is 0.486 e. The number of amides is 1. The first kappa shape index (κ1) is 18.4. The minimum absolute atomic E-state index is 0.133. The molecule has 1 aliphatic rings. The zero-order valence-electron chi connectivity index (χ0n) is 15.4. The van der Waals surface area contributed by atoms with Crippen LogP contribution in [0.1, 0.15) is 24.3 Å². The number of benzene rings is 1. The highest BCUT2D eigenvalue weighted by molar-refractivity contribution is 7.99. The monoisotopic (exact) mass is 401 g/mol. The van der Waals surface area contributed by atoms with Gasteiger partial charge in [0, 0.05) is 0 Å². The minimum atomic E-state index is -0.171. The summed E-state index contributed by atoms with van der Waals surface area (Å²) in [6.45, 7) is 4.81. The number of thioether (sulfide) groups is 1. The van der Waals surface area contributed by atoms with E-state index >= 15 is 0 Å². The summed E-state index contributed by atoms with van der Waals surface area (Å²) in [7, 11) is 0. The second kappa shape index (κ2) is 7.97. The molecule has 1 N–H and O–H groups in total. The Labute approximate surface area is 165 Å². The smallest absolute Gasteiger partial charge is 0.277 e. The lowest BCUT2D eigenvalue weighted by molar-refractivity contribution is -0.119. The number of aryl methyl sites for hydroxylation is 1. The third kappa shape index (κ3) is 3.99. The predicted molar refractivity (Wildman–Crippen MR) is 101 cm³/mol. The third-order valence-electron chi connectivity index (χ3n) is 4.27. The number of carbonyl (C=O) groups is 1. The molecule has 2 aromatic heterocycles. The summed E-state index contributed by atoms with van der Waals surface area (Å²) in [5.74, 6) is 2.54. The fourth-order valence-electron chi connectivity index (χ4n) is 2.81. The number of aromatic nitrogens is 2. The number of hydrogen-bond acceptors (Lipinski definition) is 8. The van der Waals surface area contributed by atoms with Crippen molar-refractivity contribution in [1.29, 1.82) is 0 Å². The molecule has 1 aliphatic heterocycles. The first-order valence-corrected chi connectivity index (χ1v) is 9.78. The van der Waals surface area contributed by atoms with Gasteiger partial charge >= 0.3 is 0 Å². The van der Waals surface area contributed by atoms with Crippen molar-refractivity contribution in [2.45, 2.75) is 25.1 Å². The second-order valence-corrected chi connectivity index (χ2v) is 7.17. The fourth-order valence-corrected chi connectivity index (χ4v) is 3.38. The highest BCUT2D eigenvalue weighted by Crippen LogP contribution is 2.32. The van der Waals surface area contributed by atoms with Crippen LogP contribution in [0.4, 0.5) is 0 Å². The zero-order chi connectivity index (χ0) is 19.5. The lowest BCUT2D eigenvalue weighted by Crippen LogP contribution is -2.28. The van der Waals surface area contributed by atoms with Crippen molar-refractivity contribution in [3.05, 3.63) is 41.9 Å². The van der Waals surface area contributed by atoms with Crippen molar-refractivity contribution in [3.8, 4) is 23.0 Å². The van der Waals surface area contributed by atoms with Crippen molar-refractivity contribution < 1.29 is 23.1 Å². The maximum Gasteiger partial charge on any atom is 0.277 e. The van der Waals surface area contributed by atoms with Crippen LogP contribution in [0, 0.1) is 6.92 Å². The van der Waals surface area contributed by atoms with Gasteiger partial charge in [0.05, 0.1) is 23.6 Å². The average Bonchev–Trinajstić information content (AvgIpc) is 3.34. The first-order chi connectivity index (χ1) is 13.6. The van der Waals surface area contributed by atoms with Crippen molar-refractivity contribution >= 4 is 17.7 Å². The van der Waals surface area contributed by atoms with Crippen LogP contribution >= 0.6 is 11.8 Å². The van der Waals surface area contributed by atoms with Crippen LogP contribution in [0.25, 0.3) is 11.5 Å². The highest BCUT2D eigenvalue weighted by Gasteiger charge is 2.17. The van der Waals surface area contributed by atoms with Gasteiger partial charge < -0.3 is 23.6 Å². The van der Waals surface area contributed by atoms with Gasteiger partial charge in [0.1, 0.15) is 19.0 Å². The second-order valence-electron chi connectivity index (χ2n) is 6.24. The Balaban J connectivity index is 1.32. The lowest BCUT2D eigenvalue weighted by atomic mass is 10.1. The Morgan fingerprint density at radius 1 is 1.21 bits per heavy atom. The number of ether oxygens (including phenoxy) is 2. The standard InChI is InChI=1S/C19H19N3O5S/c1-11(13-3-4-15-16(9-13)26-8-7-25-15)20-17(23)10-28-19-22-21-18(27-19)14-5-6-24-12(14)2/h3-6,9,11H,7-8,10H2,1-2H3,(H,20,23). The third-order valence-corrected chi connectivity index (χ3v) is 5.08. The van der Waals surface area contributed by atoms with E-state index in [4.69, 9.17) is 18.3 Å².